The Morgan fingerprint density at radius 1 is 0.486 bits per heavy atom. The third kappa shape index (κ3) is 12.5. The van der Waals surface area contributed by atoms with Gasteiger partial charge in [-0.3, -0.25) is 22.8 Å². The van der Waals surface area contributed by atoms with Gasteiger partial charge in [0.2, 0.25) is 17.2 Å². The van der Waals surface area contributed by atoms with E-state index in [0.29, 0.717) is 6.07 Å². The highest BCUT2D eigenvalue weighted by molar-refractivity contribution is 7.87. The molecule has 0 unspecified atom stereocenters. The summed E-state index contributed by atoms with van der Waals surface area (Å²) in [7, 11) is -23.5. The van der Waals surface area contributed by atoms with Gasteiger partial charge in [0.15, 0.2) is 5.75 Å². The minimum Gasteiger partial charge on any atom is -0.505 e. The summed E-state index contributed by atoms with van der Waals surface area (Å²) >= 11 is 6.09. The lowest BCUT2D eigenvalue weighted by atomic mass is 10.1. The number of rotatable bonds is 16. The fourth-order valence-corrected chi connectivity index (χ4v) is 9.13. The van der Waals surface area contributed by atoms with Gasteiger partial charge < -0.3 is 20.5 Å². The third-order valence-electron chi connectivity index (χ3n) is 9.30. The monoisotopic (exact) mass is 1100 g/mol. The van der Waals surface area contributed by atoms with Gasteiger partial charge >= 0.3 is 0 Å². The van der Waals surface area contributed by atoms with Gasteiger partial charge in [0, 0.05) is 22.8 Å². The lowest BCUT2D eigenvalue weighted by Crippen LogP contribution is -2.04. The van der Waals surface area contributed by atoms with Crippen LogP contribution in [-0.2, 0) is 50.6 Å². The van der Waals surface area contributed by atoms with Gasteiger partial charge in [0.1, 0.15) is 43.2 Å². The Kier molecular flexibility index (Phi) is 14.5. The Balaban J connectivity index is 1.19. The van der Waals surface area contributed by atoms with E-state index in [4.69, 9.17) is 20.9 Å². The van der Waals surface area contributed by atoms with E-state index in [0.717, 1.165) is 55.6 Å². The molecule has 0 fully saturated rings. The first-order chi connectivity index (χ1) is 33.6. The third-order valence-corrected chi connectivity index (χ3v) is 13.8. The van der Waals surface area contributed by atoms with E-state index in [2.05, 4.69) is 56.3 Å². The largest absolute Gasteiger partial charge is 0.505 e. The van der Waals surface area contributed by atoms with Gasteiger partial charge in [0.25, 0.3) is 50.6 Å². The summed E-state index contributed by atoms with van der Waals surface area (Å²) in [6.45, 7) is 0. The van der Waals surface area contributed by atoms with E-state index in [1.165, 1.54) is 48.5 Å². The number of hydrogen-bond donors (Lipinski definition) is 8. The molecule has 0 bridgehead atoms. The maximum Gasteiger partial charge on any atom is 0.296 e. The topological polar surface area (TPSA) is 438 Å². The van der Waals surface area contributed by atoms with Crippen LogP contribution in [0.25, 0.3) is 10.8 Å². The zero-order valence-electron chi connectivity index (χ0n) is 35.4. The first-order valence-corrected chi connectivity index (χ1v) is 26.6. The van der Waals surface area contributed by atoms with Gasteiger partial charge in [-0.25, -0.2) is 0 Å². The molecule has 0 atom stereocenters. The molecule has 0 saturated heterocycles. The van der Waals surface area contributed by atoms with Gasteiger partial charge in [0.05, 0.1) is 28.3 Å². The molecule has 0 aliphatic carbocycles. The van der Waals surface area contributed by atoms with Crippen molar-refractivity contribution in [3.63, 3.8) is 0 Å². The Labute approximate surface area is 410 Å². The van der Waals surface area contributed by atoms with Crippen molar-refractivity contribution in [1.29, 1.82) is 0 Å². The van der Waals surface area contributed by atoms with Crippen molar-refractivity contribution in [2.24, 2.45) is 30.7 Å². The van der Waals surface area contributed by atoms with Crippen LogP contribution in [0.1, 0.15) is 0 Å². The number of aromatic hydroxyl groups is 1. The van der Waals surface area contributed by atoms with Crippen LogP contribution in [0.3, 0.4) is 0 Å². The quantitative estimate of drug-likeness (QED) is 0.0332. The standard InChI is InChI=1S/C38H28ClN11O17S5/c1-67-30-17-29(32(71(61,62)63)18-28(30)48-47-27-13-7-23(16-31(27)70(58,59)60)46-45-21-4-10-25(11-5-21)69(55,56)57)49-50-34-33(72(64,65)66)15-19-14-22(6-12-26(19)35(34)51)41-38-43-36(39)42-37(44-38)40-20-2-8-24(9-3-20)68(52,53)54/h2-18,51H,1H3,(H,52,53,54)(H,55,56,57)(H,58,59,60)(H,61,62,63)(H,64,65,66)(H2,40,41,42,43,44). The molecule has 0 aliphatic heterocycles. The van der Waals surface area contributed by atoms with Crippen LogP contribution in [0.2, 0.25) is 5.28 Å². The lowest BCUT2D eigenvalue weighted by molar-refractivity contribution is 0.415. The van der Waals surface area contributed by atoms with Crippen molar-refractivity contribution >= 4 is 130 Å². The molecule has 0 aliphatic rings. The SMILES string of the molecule is COc1cc(N=Nc2c(S(=O)(=O)O)cc3cc(Nc4nc(Cl)nc(Nc5ccc(S(=O)(=O)O)cc5)n4)ccc3c2O)c(S(=O)(=O)O)cc1N=Nc1ccc(N=Nc2ccc(S(=O)(=O)O)cc2)cc1S(=O)(=O)O. The van der Waals surface area contributed by atoms with E-state index in [1.54, 1.807) is 0 Å². The minimum absolute atomic E-state index is 0.0426. The van der Waals surface area contributed by atoms with Gasteiger partial charge in [-0.05, 0) is 114 Å². The van der Waals surface area contributed by atoms with E-state index >= 15 is 0 Å². The van der Waals surface area contributed by atoms with Crippen molar-refractivity contribution in [2.75, 3.05) is 17.7 Å². The second-order valence-corrected chi connectivity index (χ2v) is 21.5. The number of nitrogens with one attached hydrogen (secondary N) is 2. The maximum atomic E-state index is 12.7. The average molecular weight is 1110 g/mol. The van der Waals surface area contributed by atoms with Crippen molar-refractivity contribution in [2.45, 2.75) is 24.5 Å². The van der Waals surface area contributed by atoms with Crippen LogP contribution >= 0.6 is 11.6 Å². The number of hydrogen-bond acceptors (Lipinski definition) is 23. The van der Waals surface area contributed by atoms with E-state index < -0.39 is 98.7 Å². The van der Waals surface area contributed by atoms with E-state index in [-0.39, 0.29) is 61.3 Å². The molecule has 1 aromatic heterocycles. The molecule has 1 heterocycles. The average Bonchev–Trinajstić information content (AvgIpc) is 3.28. The molecular weight excluding hydrogens is 1080 g/mol. The smallest absolute Gasteiger partial charge is 0.296 e. The Morgan fingerprint density at radius 2 is 0.986 bits per heavy atom. The first-order valence-electron chi connectivity index (χ1n) is 19.0. The zero-order valence-corrected chi connectivity index (χ0v) is 40.3. The molecule has 28 nitrogen and oxygen atoms in total. The van der Waals surface area contributed by atoms with E-state index in [9.17, 15) is 65.4 Å². The molecule has 7 rings (SSSR count). The molecule has 0 spiro atoms. The van der Waals surface area contributed by atoms with Gasteiger partial charge in [-0.15, -0.1) is 20.5 Å². The summed E-state index contributed by atoms with van der Waals surface area (Å²) in [5, 5.41) is 39.2. The number of phenolic OH excluding ortho intramolecular Hbond substituents is 1. The molecule has 0 radical (unpaired) electrons. The number of fused-ring (bicyclic) bond motifs is 1. The zero-order chi connectivity index (χ0) is 52.6. The number of halogens is 1. The fraction of sp³-hybridized carbons (Fsp3) is 0.0263. The lowest BCUT2D eigenvalue weighted by Gasteiger charge is -2.12. The Morgan fingerprint density at radius 3 is 1.56 bits per heavy atom. The normalized spacial score (nSPS) is 12.8. The molecule has 0 amide bonds. The van der Waals surface area contributed by atoms with Gasteiger partial charge in [-0.1, -0.05) is 0 Å². The van der Waals surface area contributed by atoms with Crippen molar-refractivity contribution in [1.82, 2.24) is 15.0 Å². The van der Waals surface area contributed by atoms with Crippen molar-refractivity contribution < 1.29 is 74.7 Å². The molecule has 34 heteroatoms. The highest BCUT2D eigenvalue weighted by atomic mass is 35.5. The van der Waals surface area contributed by atoms with Crippen LogP contribution in [-0.4, -0.2) is 92.0 Å². The number of benzene rings is 6. The number of azo groups is 3. The van der Waals surface area contributed by atoms with Crippen LogP contribution in [0.5, 0.6) is 11.5 Å². The first kappa shape index (κ1) is 52.3. The number of aromatic nitrogens is 3. The number of ether oxygens (including phenoxy) is 1. The Bertz CT molecular complexity index is 4020. The van der Waals surface area contributed by atoms with Crippen molar-refractivity contribution in [3.8, 4) is 11.5 Å². The van der Waals surface area contributed by atoms with Crippen LogP contribution < -0.4 is 15.4 Å². The molecule has 7 aromatic rings. The molecule has 374 valence electrons. The molecule has 72 heavy (non-hydrogen) atoms. The van der Waals surface area contributed by atoms with E-state index in [1.807, 2.05) is 0 Å². The van der Waals surface area contributed by atoms with Crippen molar-refractivity contribution in [3.05, 3.63) is 108 Å². The van der Waals surface area contributed by atoms with Crippen LogP contribution in [0.4, 0.5) is 57.4 Å². The number of nitrogens with zero attached hydrogens (tertiary/aromatic N) is 9. The summed E-state index contributed by atoms with van der Waals surface area (Å²) in [5.41, 5.74) is -2.35. The van der Waals surface area contributed by atoms with Crippen LogP contribution in [0.15, 0.2) is 158 Å². The predicted molar refractivity (Wildman–Crippen MR) is 251 cm³/mol. The summed E-state index contributed by atoms with van der Waals surface area (Å²) in [4.78, 5) is 8.32. The van der Waals surface area contributed by atoms with Crippen LogP contribution in [0, 0.1) is 0 Å². The summed E-state index contributed by atoms with van der Waals surface area (Å²) in [6.07, 6.45) is 0. The molecule has 8 N–H and O–H groups in total. The number of anilines is 4. The predicted octanol–water partition coefficient (Wildman–Crippen LogP) is 8.36. The number of methoxy groups -OCH3 is 1. The Hall–Kier alpha value is -7.57. The fourth-order valence-electron chi connectivity index (χ4n) is 6.08. The summed E-state index contributed by atoms with van der Waals surface area (Å²) in [5.74, 6) is -1.55. The molecule has 6 aromatic carbocycles. The summed E-state index contributed by atoms with van der Waals surface area (Å²) in [6, 6.07) is 18.6. The minimum atomic E-state index is -5.29. The second kappa shape index (κ2) is 19.9. The molecular formula is C38H28ClN11O17S5. The summed E-state index contributed by atoms with van der Waals surface area (Å²) < 4.78 is 175. The molecule has 0 saturated carbocycles. The maximum absolute atomic E-state index is 12.7. The number of phenols is 1. The highest BCUT2D eigenvalue weighted by Crippen LogP contribution is 2.44. The van der Waals surface area contributed by atoms with Gasteiger partial charge in [-0.2, -0.15) is 67.3 Å². The highest BCUT2D eigenvalue weighted by Gasteiger charge is 2.25. The second-order valence-electron chi connectivity index (χ2n) is 14.1.